The number of para-hydroxylation sites is 3. The van der Waals surface area contributed by atoms with Crippen molar-refractivity contribution in [3.8, 4) is 27.9 Å². The van der Waals surface area contributed by atoms with Crippen LogP contribution in [0, 0.1) is 0 Å². The van der Waals surface area contributed by atoms with Crippen molar-refractivity contribution in [2.45, 2.75) is 9.79 Å². The summed E-state index contributed by atoms with van der Waals surface area (Å²) in [4.78, 5) is 4.92. The minimum Gasteiger partial charge on any atom is -0.309 e. The van der Waals surface area contributed by atoms with Crippen molar-refractivity contribution in [3.63, 3.8) is 0 Å². The Morgan fingerprint density at radius 2 is 0.978 bits per heavy atom. The maximum Gasteiger partial charge on any atom is 0.0602 e. The van der Waals surface area contributed by atoms with Crippen LogP contribution in [-0.4, -0.2) is 4.57 Å². The number of rotatable bonds is 4. The second-order valence-corrected chi connectivity index (χ2v) is 12.5. The zero-order valence-corrected chi connectivity index (χ0v) is 25.3. The molecule has 3 heteroatoms. The highest BCUT2D eigenvalue weighted by molar-refractivity contribution is 7.99. The van der Waals surface area contributed by atoms with Crippen molar-refractivity contribution in [2.75, 3.05) is 4.90 Å². The summed E-state index contributed by atoms with van der Waals surface area (Å²) in [6, 6.07) is 61.4. The number of nitrogens with zero attached hydrogens (tertiary/aromatic N) is 2. The molecule has 7 aromatic carbocycles. The SMILES string of the molecule is c1ccc(-c2cccc(N3c4ccccc4Sc4cc(-c5ccc6c(c5)c5ccccc5n6-c5ccccc5)ccc43)c2)cc1. The third kappa shape index (κ3) is 4.35. The molecule has 0 amide bonds. The predicted octanol–water partition coefficient (Wildman–Crippen LogP) is 12.1. The minimum absolute atomic E-state index is 1.16. The maximum absolute atomic E-state index is 2.41. The van der Waals surface area contributed by atoms with E-state index in [2.05, 4.69) is 179 Å². The summed E-state index contributed by atoms with van der Waals surface area (Å²) >= 11 is 1.85. The molecule has 45 heavy (non-hydrogen) atoms. The second-order valence-electron chi connectivity index (χ2n) is 11.4. The van der Waals surface area contributed by atoms with Crippen molar-refractivity contribution in [1.29, 1.82) is 0 Å². The summed E-state index contributed by atoms with van der Waals surface area (Å²) in [5.74, 6) is 0. The fraction of sp³-hybridized carbons (Fsp3) is 0. The van der Waals surface area contributed by atoms with Gasteiger partial charge in [-0.05, 0) is 89.0 Å². The fourth-order valence-corrected chi connectivity index (χ4v) is 7.77. The first-order valence-corrected chi connectivity index (χ1v) is 16.1. The van der Waals surface area contributed by atoms with Gasteiger partial charge in [-0.25, -0.2) is 0 Å². The van der Waals surface area contributed by atoms with Crippen LogP contribution in [0.4, 0.5) is 17.1 Å². The molecular weight excluding hydrogens is 565 g/mol. The van der Waals surface area contributed by atoms with E-state index in [-0.39, 0.29) is 0 Å². The Morgan fingerprint density at radius 1 is 0.356 bits per heavy atom. The Bertz CT molecular complexity index is 2360. The standard InChI is InChI=1S/C42H28N2S/c1-3-12-29(13-4-1)30-14-11-17-34(26-30)44-39-20-9-10-21-41(39)45-42-28-32(23-25-40(42)44)31-22-24-38-36(27-31)35-18-7-8-19-37(35)43(38)33-15-5-2-6-16-33/h1-28H. The van der Waals surface area contributed by atoms with Gasteiger partial charge in [-0.15, -0.1) is 0 Å². The van der Waals surface area contributed by atoms with Gasteiger partial charge >= 0.3 is 0 Å². The lowest BCUT2D eigenvalue weighted by atomic mass is 10.0. The van der Waals surface area contributed by atoms with E-state index in [1.807, 2.05) is 11.8 Å². The summed E-state index contributed by atoms with van der Waals surface area (Å²) < 4.78 is 2.37. The van der Waals surface area contributed by atoms with Gasteiger partial charge in [0.15, 0.2) is 0 Å². The number of aromatic nitrogens is 1. The smallest absolute Gasteiger partial charge is 0.0602 e. The van der Waals surface area contributed by atoms with E-state index in [0.717, 1.165) is 5.69 Å². The Balaban J connectivity index is 1.17. The van der Waals surface area contributed by atoms with E-state index < -0.39 is 0 Å². The van der Waals surface area contributed by atoms with Crippen LogP contribution in [0.5, 0.6) is 0 Å². The zero-order chi connectivity index (χ0) is 29.7. The van der Waals surface area contributed by atoms with Gasteiger partial charge in [-0.1, -0.05) is 115 Å². The Kier molecular flexibility index (Phi) is 6.10. The van der Waals surface area contributed by atoms with E-state index in [9.17, 15) is 0 Å². The molecule has 0 N–H and O–H groups in total. The monoisotopic (exact) mass is 592 g/mol. The first-order chi connectivity index (χ1) is 22.3. The molecule has 0 unspecified atom stereocenters. The third-order valence-electron chi connectivity index (χ3n) is 8.76. The summed E-state index contributed by atoms with van der Waals surface area (Å²) in [6.45, 7) is 0. The first kappa shape index (κ1) is 25.9. The number of hydrogen-bond donors (Lipinski definition) is 0. The van der Waals surface area contributed by atoms with E-state index in [0.29, 0.717) is 0 Å². The van der Waals surface area contributed by atoms with Gasteiger partial charge in [-0.3, -0.25) is 0 Å². The second kappa shape index (κ2) is 10.6. The van der Waals surface area contributed by atoms with Gasteiger partial charge in [0, 0.05) is 31.9 Å². The molecule has 1 aromatic heterocycles. The van der Waals surface area contributed by atoms with E-state index in [1.165, 1.54) is 70.9 Å². The highest BCUT2D eigenvalue weighted by Crippen LogP contribution is 2.52. The van der Waals surface area contributed by atoms with Crippen molar-refractivity contribution < 1.29 is 0 Å². The van der Waals surface area contributed by atoms with E-state index in [4.69, 9.17) is 0 Å². The van der Waals surface area contributed by atoms with Crippen LogP contribution in [0.25, 0.3) is 49.7 Å². The summed E-state index contributed by atoms with van der Waals surface area (Å²) in [5.41, 5.74) is 12.1. The number of benzene rings is 7. The normalized spacial score (nSPS) is 12.3. The molecule has 9 rings (SSSR count). The van der Waals surface area contributed by atoms with E-state index >= 15 is 0 Å². The summed E-state index contributed by atoms with van der Waals surface area (Å²) in [6.07, 6.45) is 0. The van der Waals surface area contributed by atoms with Gasteiger partial charge in [0.05, 0.1) is 22.4 Å². The number of fused-ring (bicyclic) bond motifs is 5. The van der Waals surface area contributed by atoms with Crippen LogP contribution < -0.4 is 4.90 Å². The maximum atomic E-state index is 2.41. The van der Waals surface area contributed by atoms with Gasteiger partial charge in [-0.2, -0.15) is 0 Å². The van der Waals surface area contributed by atoms with Crippen molar-refractivity contribution in [2.24, 2.45) is 0 Å². The largest absolute Gasteiger partial charge is 0.309 e. The number of anilines is 3. The predicted molar refractivity (Wildman–Crippen MR) is 190 cm³/mol. The Morgan fingerprint density at radius 3 is 1.87 bits per heavy atom. The van der Waals surface area contributed by atoms with Crippen LogP contribution in [0.2, 0.25) is 0 Å². The molecule has 2 heterocycles. The van der Waals surface area contributed by atoms with Crippen LogP contribution in [-0.2, 0) is 0 Å². The molecule has 2 nitrogen and oxygen atoms in total. The topological polar surface area (TPSA) is 8.17 Å². The highest BCUT2D eigenvalue weighted by Gasteiger charge is 2.25. The summed E-state index contributed by atoms with van der Waals surface area (Å²) in [5, 5.41) is 2.53. The van der Waals surface area contributed by atoms with Crippen LogP contribution in [0.3, 0.4) is 0 Å². The molecule has 8 aromatic rings. The lowest BCUT2D eigenvalue weighted by Crippen LogP contribution is -2.14. The average Bonchev–Trinajstić information content (AvgIpc) is 3.45. The minimum atomic E-state index is 1.16. The molecule has 0 radical (unpaired) electrons. The Labute approximate surface area is 266 Å². The van der Waals surface area contributed by atoms with Gasteiger partial charge in [0.1, 0.15) is 0 Å². The average molecular weight is 593 g/mol. The van der Waals surface area contributed by atoms with Crippen LogP contribution in [0.1, 0.15) is 0 Å². The van der Waals surface area contributed by atoms with Crippen molar-refractivity contribution in [3.05, 3.63) is 170 Å². The first-order valence-electron chi connectivity index (χ1n) is 15.3. The van der Waals surface area contributed by atoms with Crippen molar-refractivity contribution in [1.82, 2.24) is 4.57 Å². The lowest BCUT2D eigenvalue weighted by molar-refractivity contribution is 1.17. The highest BCUT2D eigenvalue weighted by atomic mass is 32.2. The van der Waals surface area contributed by atoms with Gasteiger partial charge < -0.3 is 9.47 Å². The molecule has 0 bridgehead atoms. The van der Waals surface area contributed by atoms with Crippen LogP contribution in [0.15, 0.2) is 180 Å². The molecular formula is C42H28N2S. The van der Waals surface area contributed by atoms with Crippen molar-refractivity contribution >= 4 is 50.6 Å². The van der Waals surface area contributed by atoms with E-state index in [1.54, 1.807) is 0 Å². The molecule has 1 aliphatic heterocycles. The molecule has 0 spiro atoms. The van der Waals surface area contributed by atoms with Gasteiger partial charge in [0.2, 0.25) is 0 Å². The molecule has 0 aliphatic carbocycles. The quantitative estimate of drug-likeness (QED) is 0.201. The Hall–Kier alpha value is -5.51. The fourth-order valence-electron chi connectivity index (χ4n) is 6.68. The van der Waals surface area contributed by atoms with Crippen LogP contribution >= 0.6 is 11.8 Å². The molecule has 0 fully saturated rings. The summed E-state index contributed by atoms with van der Waals surface area (Å²) in [7, 11) is 0. The molecule has 212 valence electrons. The lowest BCUT2D eigenvalue weighted by Gasteiger charge is -2.33. The number of hydrogen-bond acceptors (Lipinski definition) is 2. The third-order valence-corrected chi connectivity index (χ3v) is 9.87. The molecule has 0 saturated heterocycles. The molecule has 0 saturated carbocycles. The van der Waals surface area contributed by atoms with Gasteiger partial charge in [0.25, 0.3) is 0 Å². The zero-order valence-electron chi connectivity index (χ0n) is 24.5. The molecule has 0 atom stereocenters. The molecule has 1 aliphatic rings.